The van der Waals surface area contributed by atoms with Gasteiger partial charge in [0.05, 0.1) is 13.7 Å². The number of hydroxylamine groups is 1. The quantitative estimate of drug-likeness (QED) is 0.284. The number of rotatable bonds is 3. The Morgan fingerprint density at radius 3 is 2.56 bits per heavy atom. The van der Waals surface area contributed by atoms with Crippen molar-refractivity contribution in [3.8, 4) is 0 Å². The normalized spacial score (nSPS) is 8.67. The number of ether oxygens (including phenoxy) is 1. The Morgan fingerprint density at radius 2 is 2.22 bits per heavy atom. The number of carbonyl (C=O) groups excluding carboxylic acids is 2. The first-order valence-electron chi connectivity index (χ1n) is 2.20. The fourth-order valence-corrected chi connectivity index (χ4v) is 0.258. The van der Waals surface area contributed by atoms with E-state index in [2.05, 4.69) is 4.74 Å². The van der Waals surface area contributed by atoms with Gasteiger partial charge in [0.25, 0.3) is 5.78 Å². The molecule has 0 aromatic carbocycles. The molecule has 0 rings (SSSR count). The molecule has 0 aliphatic heterocycles. The summed E-state index contributed by atoms with van der Waals surface area (Å²) in [6, 6.07) is 0. The summed E-state index contributed by atoms with van der Waals surface area (Å²) in [4.78, 5) is 20.5. The van der Waals surface area contributed by atoms with E-state index < -0.39 is 18.3 Å². The van der Waals surface area contributed by atoms with Gasteiger partial charge in [0, 0.05) is 0 Å². The van der Waals surface area contributed by atoms with Crippen LogP contribution in [0.5, 0.6) is 0 Å². The van der Waals surface area contributed by atoms with Crippen molar-refractivity contribution in [3.63, 3.8) is 0 Å². The average molecular weight is 133 g/mol. The smallest absolute Gasteiger partial charge is 0.375 e. The molecule has 0 saturated carbocycles. The molecule has 5 nitrogen and oxygen atoms in total. The van der Waals surface area contributed by atoms with Crippen molar-refractivity contribution in [3.05, 3.63) is 0 Å². The monoisotopic (exact) mass is 133 g/mol. The van der Waals surface area contributed by atoms with Gasteiger partial charge >= 0.3 is 5.97 Å². The summed E-state index contributed by atoms with van der Waals surface area (Å²) in [7, 11) is 1.09. The van der Waals surface area contributed by atoms with Crippen molar-refractivity contribution in [1.29, 1.82) is 0 Å². The summed E-state index contributed by atoms with van der Waals surface area (Å²) >= 11 is 0. The number of ketones is 1. The van der Waals surface area contributed by atoms with Gasteiger partial charge in [-0.05, 0) is 0 Å². The third kappa shape index (κ3) is 2.78. The molecular formula is C4H7NO4. The second-order valence-electron chi connectivity index (χ2n) is 1.25. The van der Waals surface area contributed by atoms with E-state index in [1.807, 2.05) is 0 Å². The maximum atomic E-state index is 10.3. The lowest BCUT2D eigenvalue weighted by Gasteiger charge is -1.93. The van der Waals surface area contributed by atoms with E-state index in [4.69, 9.17) is 5.21 Å². The highest BCUT2D eigenvalue weighted by Gasteiger charge is 2.11. The molecule has 2 N–H and O–H groups in total. The third-order valence-corrected chi connectivity index (χ3v) is 0.653. The van der Waals surface area contributed by atoms with Crippen LogP contribution in [-0.4, -0.2) is 30.6 Å². The molecule has 0 aromatic rings. The van der Waals surface area contributed by atoms with Gasteiger partial charge in [-0.25, -0.2) is 4.79 Å². The molecule has 9 heavy (non-hydrogen) atoms. The molecule has 0 amide bonds. The topological polar surface area (TPSA) is 75.6 Å². The summed E-state index contributed by atoms with van der Waals surface area (Å²) in [6.45, 7) is -0.410. The van der Waals surface area contributed by atoms with Gasteiger partial charge < -0.3 is 9.94 Å². The third-order valence-electron chi connectivity index (χ3n) is 0.653. The minimum absolute atomic E-state index is 0.410. The van der Waals surface area contributed by atoms with E-state index in [0.717, 1.165) is 7.11 Å². The van der Waals surface area contributed by atoms with Crippen LogP contribution in [-0.2, 0) is 14.3 Å². The second-order valence-corrected chi connectivity index (χ2v) is 1.25. The Hall–Kier alpha value is -0.940. The number of methoxy groups -OCH3 is 1. The van der Waals surface area contributed by atoms with E-state index in [1.165, 1.54) is 5.48 Å². The maximum Gasteiger partial charge on any atom is 0.375 e. The van der Waals surface area contributed by atoms with Crippen molar-refractivity contribution >= 4 is 11.8 Å². The van der Waals surface area contributed by atoms with E-state index in [9.17, 15) is 9.59 Å². The van der Waals surface area contributed by atoms with Crippen molar-refractivity contribution < 1.29 is 19.5 Å². The Labute approximate surface area is 51.6 Å². The van der Waals surface area contributed by atoms with Crippen LogP contribution >= 0.6 is 0 Å². The molecule has 5 heteroatoms. The van der Waals surface area contributed by atoms with Crippen molar-refractivity contribution in [2.45, 2.75) is 0 Å². The zero-order valence-corrected chi connectivity index (χ0v) is 4.88. The molecule has 0 fully saturated rings. The Balaban J connectivity index is 3.60. The Kier molecular flexibility index (Phi) is 3.57. The minimum atomic E-state index is -0.962. The Bertz CT molecular complexity index is 122. The summed E-state index contributed by atoms with van der Waals surface area (Å²) in [5.41, 5.74) is 1.53. The van der Waals surface area contributed by atoms with E-state index >= 15 is 0 Å². The van der Waals surface area contributed by atoms with Crippen LogP contribution in [0, 0.1) is 0 Å². The zero-order valence-electron chi connectivity index (χ0n) is 4.88. The fourth-order valence-electron chi connectivity index (χ4n) is 0.258. The number of hydrogen-bond acceptors (Lipinski definition) is 5. The van der Waals surface area contributed by atoms with Crippen LogP contribution in [0.2, 0.25) is 0 Å². The van der Waals surface area contributed by atoms with Crippen LogP contribution < -0.4 is 5.48 Å². The molecule has 0 radical (unpaired) electrons. The van der Waals surface area contributed by atoms with Gasteiger partial charge in [-0.2, -0.15) is 5.48 Å². The second kappa shape index (κ2) is 3.99. The van der Waals surface area contributed by atoms with Gasteiger partial charge in [-0.1, -0.05) is 0 Å². The molecular weight excluding hydrogens is 126 g/mol. The lowest BCUT2D eigenvalue weighted by atomic mass is 10.4. The van der Waals surface area contributed by atoms with Gasteiger partial charge in [0.2, 0.25) is 0 Å². The summed E-state index contributed by atoms with van der Waals surface area (Å²) < 4.78 is 4.02. The highest BCUT2D eigenvalue weighted by atomic mass is 16.5. The predicted octanol–water partition coefficient (Wildman–Crippen LogP) is -1.29. The maximum absolute atomic E-state index is 10.3. The van der Waals surface area contributed by atoms with E-state index in [0.29, 0.717) is 0 Å². The molecule has 52 valence electrons. The molecule has 0 aliphatic carbocycles. The number of esters is 1. The number of nitrogens with one attached hydrogen (secondary N) is 1. The first kappa shape index (κ1) is 8.06. The lowest BCUT2D eigenvalue weighted by molar-refractivity contribution is -0.151. The van der Waals surface area contributed by atoms with E-state index in [-0.39, 0.29) is 0 Å². The first-order chi connectivity index (χ1) is 4.22. The van der Waals surface area contributed by atoms with Crippen LogP contribution in [0.4, 0.5) is 0 Å². The van der Waals surface area contributed by atoms with Crippen LogP contribution in [0.25, 0.3) is 0 Å². The molecule has 0 unspecified atom stereocenters. The van der Waals surface area contributed by atoms with E-state index in [1.54, 1.807) is 0 Å². The molecule has 0 aromatic heterocycles. The zero-order chi connectivity index (χ0) is 7.28. The van der Waals surface area contributed by atoms with Crippen LogP contribution in [0.1, 0.15) is 0 Å². The largest absolute Gasteiger partial charge is 0.463 e. The van der Waals surface area contributed by atoms with Crippen molar-refractivity contribution in [1.82, 2.24) is 5.48 Å². The number of Topliss-reactive ketones (excluding diaryl/α,β-unsaturated/α-hetero) is 1. The standard InChI is InChI=1S/C4H7NO4/c1-9-4(7)3(6)2-5-8/h5,8H,2H2,1H3. The molecule has 0 atom stereocenters. The molecule has 0 bridgehead atoms. The summed E-state index contributed by atoms with van der Waals surface area (Å²) in [6.07, 6.45) is 0. The number of hydrogen-bond donors (Lipinski definition) is 2. The van der Waals surface area contributed by atoms with Crippen LogP contribution in [0.15, 0.2) is 0 Å². The summed E-state index contributed by atoms with van der Waals surface area (Å²) in [5.74, 6) is -1.77. The molecule has 0 heterocycles. The lowest BCUT2D eigenvalue weighted by Crippen LogP contribution is -2.27. The predicted molar refractivity (Wildman–Crippen MR) is 26.8 cm³/mol. The SMILES string of the molecule is COC(=O)C(=O)CNO. The molecule has 0 spiro atoms. The summed E-state index contributed by atoms with van der Waals surface area (Å²) in [5, 5.41) is 7.90. The number of carbonyl (C=O) groups is 2. The average Bonchev–Trinajstić information content (AvgIpc) is 1.87. The van der Waals surface area contributed by atoms with Gasteiger partial charge in [-0.3, -0.25) is 4.79 Å². The molecule has 0 aliphatic rings. The first-order valence-corrected chi connectivity index (χ1v) is 2.20. The highest BCUT2D eigenvalue weighted by Crippen LogP contribution is 1.73. The van der Waals surface area contributed by atoms with Crippen LogP contribution in [0.3, 0.4) is 0 Å². The highest BCUT2D eigenvalue weighted by molar-refractivity contribution is 6.34. The Morgan fingerprint density at radius 1 is 1.67 bits per heavy atom. The minimum Gasteiger partial charge on any atom is -0.463 e. The fraction of sp³-hybridized carbons (Fsp3) is 0.500. The van der Waals surface area contributed by atoms with Gasteiger partial charge in [-0.15, -0.1) is 0 Å². The van der Waals surface area contributed by atoms with Crippen molar-refractivity contribution in [2.24, 2.45) is 0 Å². The van der Waals surface area contributed by atoms with Crippen molar-refractivity contribution in [2.75, 3.05) is 13.7 Å². The van der Waals surface area contributed by atoms with Gasteiger partial charge in [0.15, 0.2) is 0 Å². The van der Waals surface area contributed by atoms with Gasteiger partial charge in [0.1, 0.15) is 0 Å². The molecule has 0 saturated heterocycles.